The summed E-state index contributed by atoms with van der Waals surface area (Å²) in [7, 11) is 0. The minimum absolute atomic E-state index is 0.596. The highest BCUT2D eigenvalue weighted by Gasteiger charge is 2.29. The number of hydrogen-bond acceptors (Lipinski definition) is 2. The molecule has 1 heterocycles. The highest BCUT2D eigenvalue weighted by Crippen LogP contribution is 2.29. The van der Waals surface area contributed by atoms with Crippen LogP contribution in [0, 0.1) is 0 Å². The monoisotopic (exact) mass is 292 g/mol. The van der Waals surface area contributed by atoms with Crippen molar-refractivity contribution in [3.05, 3.63) is 64.7 Å². The number of anilines is 1. The Hall–Kier alpha value is -2.01. The summed E-state index contributed by atoms with van der Waals surface area (Å²) in [5.74, 6) is 0. The predicted octanol–water partition coefficient (Wildman–Crippen LogP) is 3.92. The van der Waals surface area contributed by atoms with Crippen LogP contribution in [0.25, 0.3) is 0 Å². The number of halogens is 3. The molecule has 2 N–H and O–H groups in total. The van der Waals surface area contributed by atoms with Gasteiger partial charge in [-0.25, -0.2) is 0 Å². The van der Waals surface area contributed by atoms with Crippen molar-refractivity contribution in [3.63, 3.8) is 0 Å². The second kappa shape index (κ2) is 5.41. The second-order valence-electron chi connectivity index (χ2n) is 5.14. The van der Waals surface area contributed by atoms with Crippen molar-refractivity contribution in [3.8, 4) is 0 Å². The van der Waals surface area contributed by atoms with E-state index in [0.717, 1.165) is 30.8 Å². The molecule has 5 heteroatoms. The predicted molar refractivity (Wildman–Crippen MR) is 75.8 cm³/mol. The average Bonchev–Trinajstić information content (AvgIpc) is 2.92. The van der Waals surface area contributed by atoms with Gasteiger partial charge in [0.2, 0.25) is 0 Å². The van der Waals surface area contributed by atoms with E-state index < -0.39 is 11.7 Å². The molecule has 0 spiro atoms. The van der Waals surface area contributed by atoms with Gasteiger partial charge in [0.15, 0.2) is 0 Å². The Kier molecular flexibility index (Phi) is 3.59. The van der Waals surface area contributed by atoms with Gasteiger partial charge >= 0.3 is 6.18 Å². The highest BCUT2D eigenvalue weighted by molar-refractivity contribution is 5.46. The average molecular weight is 292 g/mol. The normalized spacial score (nSPS) is 14.0. The Morgan fingerprint density at radius 2 is 1.67 bits per heavy atom. The van der Waals surface area contributed by atoms with E-state index in [2.05, 4.69) is 22.8 Å². The standard InChI is InChI=1S/C16H15F3N2/c17-16(18,19)14-3-5-15(6-4-14)21-8-11-1-2-12-9-20-10-13(12)7-11/h1-7,20-21H,8-10H2. The molecule has 0 unspecified atom stereocenters. The van der Waals surface area contributed by atoms with E-state index in [0.29, 0.717) is 12.2 Å². The quantitative estimate of drug-likeness (QED) is 0.896. The van der Waals surface area contributed by atoms with Gasteiger partial charge in [-0.05, 0) is 41.0 Å². The van der Waals surface area contributed by atoms with Crippen LogP contribution in [0.4, 0.5) is 18.9 Å². The van der Waals surface area contributed by atoms with Crippen molar-refractivity contribution >= 4 is 5.69 Å². The molecule has 0 radical (unpaired) electrons. The molecule has 0 aliphatic carbocycles. The summed E-state index contributed by atoms with van der Waals surface area (Å²) < 4.78 is 37.4. The van der Waals surface area contributed by atoms with Crippen molar-refractivity contribution in [1.82, 2.24) is 5.32 Å². The van der Waals surface area contributed by atoms with Crippen LogP contribution in [-0.2, 0) is 25.8 Å². The lowest BCUT2D eigenvalue weighted by molar-refractivity contribution is -0.137. The lowest BCUT2D eigenvalue weighted by Crippen LogP contribution is -2.05. The third kappa shape index (κ3) is 3.19. The maximum atomic E-state index is 12.5. The summed E-state index contributed by atoms with van der Waals surface area (Å²) in [6, 6.07) is 11.4. The van der Waals surface area contributed by atoms with Crippen molar-refractivity contribution in [2.24, 2.45) is 0 Å². The van der Waals surface area contributed by atoms with Crippen LogP contribution in [0.2, 0.25) is 0 Å². The molecule has 0 saturated heterocycles. The molecule has 2 nitrogen and oxygen atoms in total. The summed E-state index contributed by atoms with van der Waals surface area (Å²) in [4.78, 5) is 0. The van der Waals surface area contributed by atoms with Crippen LogP contribution in [0.3, 0.4) is 0 Å². The van der Waals surface area contributed by atoms with Crippen LogP contribution < -0.4 is 10.6 Å². The summed E-state index contributed by atoms with van der Waals surface area (Å²) in [6.45, 7) is 2.38. The molecule has 1 aliphatic rings. The van der Waals surface area contributed by atoms with Crippen LogP contribution in [0.1, 0.15) is 22.3 Å². The third-order valence-corrected chi connectivity index (χ3v) is 3.61. The first kappa shape index (κ1) is 13.9. The zero-order valence-corrected chi connectivity index (χ0v) is 11.3. The Bertz CT molecular complexity index is 633. The van der Waals surface area contributed by atoms with Gasteiger partial charge in [-0.3, -0.25) is 0 Å². The van der Waals surface area contributed by atoms with Crippen molar-refractivity contribution < 1.29 is 13.2 Å². The van der Waals surface area contributed by atoms with E-state index >= 15 is 0 Å². The Morgan fingerprint density at radius 3 is 2.38 bits per heavy atom. The molecule has 1 aliphatic heterocycles. The van der Waals surface area contributed by atoms with E-state index in [4.69, 9.17) is 0 Å². The minimum atomic E-state index is -4.29. The van der Waals surface area contributed by atoms with Crippen LogP contribution in [0.5, 0.6) is 0 Å². The molecule has 0 aromatic heterocycles. The molecular formula is C16H15F3N2. The number of alkyl halides is 3. The van der Waals surface area contributed by atoms with Gasteiger partial charge in [0, 0.05) is 25.3 Å². The van der Waals surface area contributed by atoms with Crippen LogP contribution >= 0.6 is 0 Å². The van der Waals surface area contributed by atoms with Gasteiger partial charge in [-0.15, -0.1) is 0 Å². The van der Waals surface area contributed by atoms with Gasteiger partial charge in [-0.1, -0.05) is 18.2 Å². The molecule has 0 amide bonds. The van der Waals surface area contributed by atoms with Gasteiger partial charge in [0.25, 0.3) is 0 Å². The summed E-state index contributed by atoms with van der Waals surface area (Å²) in [5.41, 5.74) is 3.78. The third-order valence-electron chi connectivity index (χ3n) is 3.61. The molecule has 0 atom stereocenters. The van der Waals surface area contributed by atoms with E-state index in [1.54, 1.807) is 0 Å². The lowest BCUT2D eigenvalue weighted by Gasteiger charge is -2.10. The molecule has 2 aromatic rings. The molecule has 0 fully saturated rings. The fraction of sp³-hybridized carbons (Fsp3) is 0.250. The highest BCUT2D eigenvalue weighted by atomic mass is 19.4. The summed E-state index contributed by atoms with van der Waals surface area (Å²) >= 11 is 0. The topological polar surface area (TPSA) is 24.1 Å². The Labute approximate surface area is 121 Å². The van der Waals surface area contributed by atoms with E-state index in [1.165, 1.54) is 23.3 Å². The molecule has 21 heavy (non-hydrogen) atoms. The Morgan fingerprint density at radius 1 is 0.952 bits per heavy atom. The van der Waals surface area contributed by atoms with Gasteiger partial charge in [-0.2, -0.15) is 13.2 Å². The zero-order valence-electron chi connectivity index (χ0n) is 11.3. The first-order valence-electron chi connectivity index (χ1n) is 6.75. The zero-order chi connectivity index (χ0) is 14.9. The number of hydrogen-bond donors (Lipinski definition) is 2. The van der Waals surface area contributed by atoms with Gasteiger partial charge in [0.1, 0.15) is 0 Å². The number of rotatable bonds is 3. The van der Waals surface area contributed by atoms with E-state index in [9.17, 15) is 13.2 Å². The maximum absolute atomic E-state index is 12.5. The van der Waals surface area contributed by atoms with E-state index in [1.807, 2.05) is 6.07 Å². The van der Waals surface area contributed by atoms with Gasteiger partial charge < -0.3 is 10.6 Å². The SMILES string of the molecule is FC(F)(F)c1ccc(NCc2ccc3c(c2)CNC3)cc1. The maximum Gasteiger partial charge on any atom is 0.416 e. The van der Waals surface area contributed by atoms with Crippen molar-refractivity contribution in [1.29, 1.82) is 0 Å². The largest absolute Gasteiger partial charge is 0.416 e. The number of fused-ring (bicyclic) bond motifs is 1. The lowest BCUT2D eigenvalue weighted by atomic mass is 10.1. The Balaban J connectivity index is 1.65. The van der Waals surface area contributed by atoms with Gasteiger partial charge in [0.05, 0.1) is 5.56 Å². The van der Waals surface area contributed by atoms with E-state index in [-0.39, 0.29) is 0 Å². The van der Waals surface area contributed by atoms with Crippen LogP contribution in [-0.4, -0.2) is 0 Å². The molecule has 2 aromatic carbocycles. The second-order valence-corrected chi connectivity index (χ2v) is 5.14. The first-order valence-corrected chi connectivity index (χ1v) is 6.75. The molecule has 0 saturated carbocycles. The van der Waals surface area contributed by atoms with Crippen molar-refractivity contribution in [2.45, 2.75) is 25.8 Å². The minimum Gasteiger partial charge on any atom is -0.381 e. The molecule has 0 bridgehead atoms. The fourth-order valence-corrected chi connectivity index (χ4v) is 2.44. The fourth-order valence-electron chi connectivity index (χ4n) is 2.44. The molecule has 110 valence electrons. The summed E-state index contributed by atoms with van der Waals surface area (Å²) in [5, 5.41) is 6.43. The summed E-state index contributed by atoms with van der Waals surface area (Å²) in [6.07, 6.45) is -4.29. The van der Waals surface area contributed by atoms with Crippen LogP contribution in [0.15, 0.2) is 42.5 Å². The number of benzene rings is 2. The molecular weight excluding hydrogens is 277 g/mol. The first-order chi connectivity index (χ1) is 10.0. The van der Waals surface area contributed by atoms with Crippen molar-refractivity contribution in [2.75, 3.05) is 5.32 Å². The number of nitrogens with one attached hydrogen (secondary N) is 2. The smallest absolute Gasteiger partial charge is 0.381 e. The molecule has 3 rings (SSSR count).